The molecule has 1 N–H and O–H groups in total. The second-order valence-electron chi connectivity index (χ2n) is 9.37. The quantitative estimate of drug-likeness (QED) is 0.320. The number of carbonyl (C=O) groups is 1. The summed E-state index contributed by atoms with van der Waals surface area (Å²) < 4.78 is 31.1. The van der Waals surface area contributed by atoms with Crippen molar-refractivity contribution in [1.82, 2.24) is 24.9 Å². The summed E-state index contributed by atoms with van der Waals surface area (Å²) in [4.78, 5) is 21.2. The largest absolute Gasteiger partial charge is 2.00 e. The van der Waals surface area contributed by atoms with Gasteiger partial charge >= 0.3 is 31.1 Å². The maximum Gasteiger partial charge on any atom is 2.00 e. The van der Waals surface area contributed by atoms with Gasteiger partial charge in [0.1, 0.15) is 11.6 Å². The van der Waals surface area contributed by atoms with Crippen molar-refractivity contribution in [1.29, 1.82) is 0 Å². The topological polar surface area (TPSA) is 98.5 Å². The van der Waals surface area contributed by atoms with Crippen LogP contribution in [0.4, 0.5) is 4.39 Å². The van der Waals surface area contributed by atoms with Crippen LogP contribution in [0, 0.1) is 51.0 Å². The third-order valence-corrected chi connectivity index (χ3v) is 8.10. The molecule has 12 heteroatoms. The Morgan fingerprint density at radius 2 is 1.97 bits per heavy atom. The zero-order chi connectivity index (χ0) is 25.4. The van der Waals surface area contributed by atoms with E-state index >= 15 is 0 Å². The first kappa shape index (κ1) is 28.9. The number of nitrogens with one attached hydrogen (secondary N) is 1. The van der Waals surface area contributed by atoms with Crippen LogP contribution in [-0.4, -0.2) is 58.3 Å². The van der Waals surface area contributed by atoms with E-state index < -0.39 is 20.7 Å². The molecule has 0 bridgehead atoms. The molecule has 1 saturated carbocycles. The SMILES string of the molecule is C=S1(=O)CCC(C)(NC(=O)c2nc3ccc(Oc4[c-]cc(Cl)cn4)c(C)n3n2)CC1.[CH2-]C1(F)CC1.[U+2]. The van der Waals surface area contributed by atoms with Crippen LogP contribution in [0.1, 0.15) is 48.9 Å². The first-order valence-electron chi connectivity index (χ1n) is 11.1. The molecule has 0 unspecified atom stereocenters. The van der Waals surface area contributed by atoms with Gasteiger partial charge in [-0.25, -0.2) is 27.2 Å². The van der Waals surface area contributed by atoms with E-state index in [4.69, 9.17) is 16.3 Å². The molecule has 8 nitrogen and oxygen atoms in total. The first-order chi connectivity index (χ1) is 16.3. The molecule has 4 heterocycles. The minimum absolute atomic E-state index is 0. The number of pyridine rings is 2. The maximum atomic E-state index is 12.8. The number of alkyl halides is 1. The molecule has 3 aromatic rings. The molecule has 1 aliphatic carbocycles. The summed E-state index contributed by atoms with van der Waals surface area (Å²) in [5.74, 6) is 5.25. The van der Waals surface area contributed by atoms with E-state index in [0.717, 1.165) is 0 Å². The maximum absolute atomic E-state index is 12.8. The summed E-state index contributed by atoms with van der Waals surface area (Å²) in [7, 11) is -2.03. The van der Waals surface area contributed by atoms with E-state index in [1.165, 1.54) is 6.20 Å². The van der Waals surface area contributed by atoms with Crippen molar-refractivity contribution in [3.05, 3.63) is 53.9 Å². The molecule has 0 spiro atoms. The zero-order valence-corrected chi connectivity index (χ0v) is 25.9. The van der Waals surface area contributed by atoms with E-state index in [2.05, 4.69) is 39.2 Å². The van der Waals surface area contributed by atoms with Gasteiger partial charge in [-0.15, -0.1) is 5.10 Å². The van der Waals surface area contributed by atoms with Crippen LogP contribution in [0.25, 0.3) is 5.65 Å². The number of halogens is 2. The number of hydrogen-bond acceptors (Lipinski definition) is 6. The third-order valence-electron chi connectivity index (χ3n) is 6.00. The summed E-state index contributed by atoms with van der Waals surface area (Å²) in [5, 5.41) is 7.81. The summed E-state index contributed by atoms with van der Waals surface area (Å²) in [6.45, 7) is 6.97. The molecule has 1 aliphatic heterocycles. The van der Waals surface area contributed by atoms with Crippen molar-refractivity contribution in [3.63, 3.8) is 0 Å². The van der Waals surface area contributed by atoms with Gasteiger partial charge in [0.2, 0.25) is 5.82 Å². The van der Waals surface area contributed by atoms with Gasteiger partial charge < -0.3 is 17.0 Å². The van der Waals surface area contributed by atoms with Gasteiger partial charge in [-0.2, -0.15) is 6.07 Å². The summed E-state index contributed by atoms with van der Waals surface area (Å²) >= 11 is 5.82. The Morgan fingerprint density at radius 3 is 2.53 bits per heavy atom. The molecular weight excluding hydrogens is 731 g/mol. The van der Waals surface area contributed by atoms with Gasteiger partial charge in [-0.1, -0.05) is 5.02 Å². The number of amides is 1. The zero-order valence-electron chi connectivity index (χ0n) is 20.1. The molecule has 3 aromatic heterocycles. The minimum Gasteiger partial charge on any atom is -0.456 e. The number of nitrogens with zero attached hydrogens (tertiary/aromatic N) is 4. The minimum atomic E-state index is -2.03. The first-order valence-corrected chi connectivity index (χ1v) is 13.6. The standard InChI is InChI=1S/C20H21ClN5O3S.C4H6F.U/c1-13-15(29-17-7-4-14(21)12-22-17)5-6-16-23-18(25-26(13)16)19(27)24-20(2)8-10-30(3,28)11-9-20;1-4(5)2-3-4;/h4-6,12H,3,8-11H2,1-2H3,(H,24,27);1-3H2;/q2*-1;+2. The molecule has 0 atom stereocenters. The van der Waals surface area contributed by atoms with E-state index in [1.54, 1.807) is 22.7 Å². The number of ether oxygens (including phenoxy) is 1. The van der Waals surface area contributed by atoms with Gasteiger partial charge in [0.25, 0.3) is 5.91 Å². The Morgan fingerprint density at radius 1 is 1.33 bits per heavy atom. The summed E-state index contributed by atoms with van der Waals surface area (Å²) in [6.07, 6.45) is 4.03. The van der Waals surface area contributed by atoms with E-state index in [9.17, 15) is 13.4 Å². The van der Waals surface area contributed by atoms with E-state index in [-0.39, 0.29) is 48.7 Å². The van der Waals surface area contributed by atoms with Crippen molar-refractivity contribution in [3.8, 4) is 11.6 Å². The number of fused-ring (bicyclic) bond motifs is 1. The Kier molecular flexibility index (Phi) is 8.81. The molecule has 0 aromatic carbocycles. The van der Waals surface area contributed by atoms with Crippen LogP contribution in [-0.2, 0) is 9.52 Å². The normalized spacial score (nSPS) is 24.1. The predicted octanol–water partition coefficient (Wildman–Crippen LogP) is 4.00. The molecule has 36 heavy (non-hydrogen) atoms. The fourth-order valence-electron chi connectivity index (χ4n) is 3.38. The van der Waals surface area contributed by atoms with E-state index in [1.807, 2.05) is 13.8 Å². The Hall–Kier alpha value is -1.67. The van der Waals surface area contributed by atoms with Crippen LogP contribution < -0.4 is 10.1 Å². The van der Waals surface area contributed by atoms with Crippen LogP contribution in [0.3, 0.4) is 0 Å². The van der Waals surface area contributed by atoms with Crippen LogP contribution in [0.5, 0.6) is 11.6 Å². The summed E-state index contributed by atoms with van der Waals surface area (Å²) in [6, 6.07) is 7.85. The molecular formula is C24H27ClFN5O3SU. The number of aryl methyl sites for hydroxylation is 1. The Bertz CT molecular complexity index is 1340. The summed E-state index contributed by atoms with van der Waals surface area (Å²) in [5.41, 5.74) is -0.274. The fraction of sp³-hybridized carbons (Fsp3) is 0.417. The predicted molar refractivity (Wildman–Crippen MR) is 134 cm³/mol. The van der Waals surface area contributed by atoms with Crippen LogP contribution in [0.2, 0.25) is 5.02 Å². The monoisotopic (exact) mass is 757 g/mol. The van der Waals surface area contributed by atoms with Crippen molar-refractivity contribution < 1.29 is 49.2 Å². The average molecular weight is 758 g/mol. The molecule has 1 amide bonds. The molecule has 190 valence electrons. The second-order valence-corrected chi connectivity index (χ2v) is 12.6. The van der Waals surface area contributed by atoms with Crippen LogP contribution in [0.15, 0.2) is 24.4 Å². The Balaban J connectivity index is 0.000000538. The average Bonchev–Trinajstić information content (AvgIpc) is 3.31. The van der Waals surface area contributed by atoms with Gasteiger partial charge in [-0.05, 0) is 78.9 Å². The number of hydrogen-bond donors (Lipinski definition) is 1. The van der Waals surface area contributed by atoms with Gasteiger partial charge in [0, 0.05) is 17.0 Å². The number of rotatable bonds is 4. The fourth-order valence-corrected chi connectivity index (χ4v) is 5.34. The molecule has 2 fully saturated rings. The van der Waals surface area contributed by atoms with Crippen molar-refractivity contribution in [2.45, 2.75) is 50.7 Å². The number of aromatic nitrogens is 4. The molecule has 0 radical (unpaired) electrons. The smallest absolute Gasteiger partial charge is 0.456 e. The van der Waals surface area contributed by atoms with Gasteiger partial charge in [0.05, 0.1) is 5.69 Å². The van der Waals surface area contributed by atoms with Crippen molar-refractivity contribution >= 4 is 38.5 Å². The van der Waals surface area contributed by atoms with Gasteiger partial charge in [-0.3, -0.25) is 18.4 Å². The second kappa shape index (κ2) is 11.0. The van der Waals surface area contributed by atoms with Gasteiger partial charge in [0.15, 0.2) is 5.65 Å². The van der Waals surface area contributed by atoms with Crippen molar-refractivity contribution in [2.75, 3.05) is 11.5 Å². The van der Waals surface area contributed by atoms with Crippen molar-refractivity contribution in [2.24, 2.45) is 0 Å². The number of carbonyl (C=O) groups excluding carboxylic acids is 1. The van der Waals surface area contributed by atoms with Crippen LogP contribution >= 0.6 is 11.6 Å². The molecule has 1 saturated heterocycles. The molecule has 2 aliphatic rings. The molecule has 5 rings (SSSR count). The Labute approximate surface area is 239 Å². The van der Waals surface area contributed by atoms with E-state index in [0.29, 0.717) is 59.3 Å². The third kappa shape index (κ3) is 7.44.